The summed E-state index contributed by atoms with van der Waals surface area (Å²) in [6, 6.07) is 17.6. The van der Waals surface area contributed by atoms with Crippen LogP contribution >= 0.6 is 0 Å². The molecule has 1 atom stereocenters. The standard InChI is InChI=1S/C34H40N8O4/c1-34(2,3)46-33(45)42-15-13-41(14-16-42)31-19-26(9-10-37-31)28-20-27(21-29(39-28)40-30-23-35-11-12-36-30)38-22-25(18-32(43)44)17-24-7-5-4-6-8-24/h4-12,19-21,23,25H,13-18,22H2,1-3H3,(H,43,44)(H2,36,38,39,40). The molecule has 3 N–H and O–H groups in total. The van der Waals surface area contributed by atoms with Crippen LogP contribution in [0.15, 0.2) is 79.4 Å². The van der Waals surface area contributed by atoms with Crippen molar-refractivity contribution in [1.29, 1.82) is 0 Å². The zero-order chi connectivity index (χ0) is 32.5. The molecule has 0 spiro atoms. The molecule has 5 rings (SSSR count). The van der Waals surface area contributed by atoms with Crippen LogP contribution in [0.25, 0.3) is 11.3 Å². The van der Waals surface area contributed by atoms with E-state index in [4.69, 9.17) is 9.72 Å². The van der Waals surface area contributed by atoms with E-state index in [1.807, 2.05) is 75.4 Å². The maximum Gasteiger partial charge on any atom is 0.410 e. The molecular formula is C34H40N8O4. The Kier molecular flexibility index (Phi) is 10.3. The van der Waals surface area contributed by atoms with Gasteiger partial charge in [-0.1, -0.05) is 30.3 Å². The molecule has 240 valence electrons. The molecule has 1 amide bonds. The summed E-state index contributed by atoms with van der Waals surface area (Å²) >= 11 is 0. The number of nitrogens with one attached hydrogen (secondary N) is 2. The lowest BCUT2D eigenvalue weighted by molar-refractivity contribution is -0.138. The Morgan fingerprint density at radius 3 is 2.43 bits per heavy atom. The van der Waals surface area contributed by atoms with Gasteiger partial charge in [0, 0.05) is 68.6 Å². The van der Waals surface area contributed by atoms with Crippen LogP contribution in [-0.2, 0) is 16.0 Å². The summed E-state index contributed by atoms with van der Waals surface area (Å²) in [6.07, 6.45) is 6.94. The summed E-state index contributed by atoms with van der Waals surface area (Å²) in [5, 5.41) is 16.3. The summed E-state index contributed by atoms with van der Waals surface area (Å²) < 4.78 is 5.54. The van der Waals surface area contributed by atoms with Gasteiger partial charge in [0.25, 0.3) is 0 Å². The van der Waals surface area contributed by atoms with Crippen LogP contribution in [0.1, 0.15) is 32.8 Å². The molecule has 0 saturated carbocycles. The van der Waals surface area contributed by atoms with Gasteiger partial charge < -0.3 is 30.3 Å². The van der Waals surface area contributed by atoms with Crippen LogP contribution in [0.2, 0.25) is 0 Å². The van der Waals surface area contributed by atoms with Gasteiger partial charge in [0.1, 0.15) is 23.1 Å². The lowest BCUT2D eigenvalue weighted by Gasteiger charge is -2.36. The monoisotopic (exact) mass is 624 g/mol. The topological polar surface area (TPSA) is 146 Å². The smallest absolute Gasteiger partial charge is 0.410 e. The summed E-state index contributed by atoms with van der Waals surface area (Å²) in [7, 11) is 0. The summed E-state index contributed by atoms with van der Waals surface area (Å²) in [6.45, 7) is 8.36. The average molecular weight is 625 g/mol. The van der Waals surface area contributed by atoms with Gasteiger partial charge in [0.2, 0.25) is 0 Å². The number of ether oxygens (including phenoxy) is 1. The molecule has 0 aliphatic carbocycles. The maximum absolute atomic E-state index is 12.5. The number of piperazine rings is 1. The molecule has 4 aromatic rings. The summed E-state index contributed by atoms with van der Waals surface area (Å²) in [5.41, 5.74) is 2.89. The number of rotatable bonds is 11. The van der Waals surface area contributed by atoms with E-state index in [9.17, 15) is 14.7 Å². The van der Waals surface area contributed by atoms with Crippen molar-refractivity contribution >= 4 is 35.2 Å². The zero-order valence-corrected chi connectivity index (χ0v) is 26.4. The van der Waals surface area contributed by atoms with Crippen molar-refractivity contribution < 1.29 is 19.4 Å². The minimum Gasteiger partial charge on any atom is -0.481 e. The number of carbonyl (C=O) groups excluding carboxylic acids is 1. The number of hydrogen-bond donors (Lipinski definition) is 3. The second-order valence-corrected chi connectivity index (χ2v) is 12.2. The molecule has 1 aliphatic rings. The van der Waals surface area contributed by atoms with Crippen molar-refractivity contribution in [3.63, 3.8) is 0 Å². The highest BCUT2D eigenvalue weighted by atomic mass is 16.6. The largest absolute Gasteiger partial charge is 0.481 e. The minimum atomic E-state index is -0.834. The van der Waals surface area contributed by atoms with Crippen LogP contribution < -0.4 is 15.5 Å². The molecule has 12 nitrogen and oxygen atoms in total. The third-order valence-corrected chi connectivity index (χ3v) is 7.37. The van der Waals surface area contributed by atoms with E-state index < -0.39 is 11.6 Å². The van der Waals surface area contributed by atoms with Crippen molar-refractivity contribution in [2.24, 2.45) is 5.92 Å². The maximum atomic E-state index is 12.5. The average Bonchev–Trinajstić information content (AvgIpc) is 3.04. The third kappa shape index (κ3) is 9.37. The number of nitrogens with zero attached hydrogens (tertiary/aromatic N) is 6. The Labute approximate surface area is 268 Å². The quantitative estimate of drug-likeness (QED) is 0.195. The second-order valence-electron chi connectivity index (χ2n) is 12.2. The first kappa shape index (κ1) is 32.1. The van der Waals surface area contributed by atoms with Gasteiger partial charge >= 0.3 is 12.1 Å². The fourth-order valence-electron chi connectivity index (χ4n) is 5.21. The van der Waals surface area contributed by atoms with Gasteiger partial charge in [-0.3, -0.25) is 9.78 Å². The van der Waals surface area contributed by atoms with Gasteiger partial charge in [-0.2, -0.15) is 0 Å². The lowest BCUT2D eigenvalue weighted by atomic mass is 9.96. The van der Waals surface area contributed by atoms with Crippen molar-refractivity contribution in [3.8, 4) is 11.3 Å². The highest BCUT2D eigenvalue weighted by molar-refractivity contribution is 5.72. The predicted octanol–water partition coefficient (Wildman–Crippen LogP) is 5.48. The van der Waals surface area contributed by atoms with Crippen LogP contribution in [0.5, 0.6) is 0 Å². The Morgan fingerprint density at radius 1 is 0.957 bits per heavy atom. The number of aromatic nitrogens is 4. The SMILES string of the molecule is CC(C)(C)OC(=O)N1CCN(c2cc(-c3cc(NCC(CC(=O)O)Cc4ccccc4)cc(Nc4cnccn4)n3)ccn2)CC1. The van der Waals surface area contributed by atoms with E-state index in [-0.39, 0.29) is 18.4 Å². The van der Waals surface area contributed by atoms with Gasteiger partial charge in [-0.15, -0.1) is 0 Å². The minimum absolute atomic E-state index is 0.0411. The van der Waals surface area contributed by atoms with Crippen molar-refractivity contribution in [2.45, 2.75) is 39.2 Å². The number of amides is 1. The molecule has 1 fully saturated rings. The second kappa shape index (κ2) is 14.7. The van der Waals surface area contributed by atoms with Crippen LogP contribution in [-0.4, -0.2) is 80.3 Å². The number of aliphatic carboxylic acids is 1. The van der Waals surface area contributed by atoms with Crippen molar-refractivity contribution in [2.75, 3.05) is 48.3 Å². The predicted molar refractivity (Wildman–Crippen MR) is 177 cm³/mol. The number of hydrogen-bond acceptors (Lipinski definition) is 10. The van der Waals surface area contributed by atoms with Crippen LogP contribution in [0.4, 0.5) is 27.9 Å². The first-order chi connectivity index (χ1) is 22.1. The van der Waals surface area contributed by atoms with Crippen LogP contribution in [0.3, 0.4) is 0 Å². The van der Waals surface area contributed by atoms with Crippen LogP contribution in [0, 0.1) is 5.92 Å². The van der Waals surface area contributed by atoms with Gasteiger partial charge in [-0.05, 0) is 56.9 Å². The molecular weight excluding hydrogens is 584 g/mol. The van der Waals surface area contributed by atoms with E-state index in [0.717, 1.165) is 22.6 Å². The third-order valence-electron chi connectivity index (χ3n) is 7.37. The Bertz CT molecular complexity index is 1610. The highest BCUT2D eigenvalue weighted by Crippen LogP contribution is 2.28. The Morgan fingerprint density at radius 2 is 1.74 bits per heavy atom. The van der Waals surface area contributed by atoms with E-state index >= 15 is 0 Å². The van der Waals surface area contributed by atoms with Crippen molar-refractivity contribution in [3.05, 3.63) is 84.9 Å². The van der Waals surface area contributed by atoms with E-state index in [1.54, 1.807) is 29.7 Å². The number of carboxylic acid groups (broad SMARTS) is 1. The molecule has 4 heterocycles. The summed E-state index contributed by atoms with van der Waals surface area (Å²) in [4.78, 5) is 46.0. The number of carbonyl (C=O) groups is 2. The number of carboxylic acids is 1. The fourth-order valence-corrected chi connectivity index (χ4v) is 5.21. The molecule has 1 saturated heterocycles. The number of benzene rings is 1. The molecule has 1 unspecified atom stereocenters. The molecule has 12 heteroatoms. The molecule has 46 heavy (non-hydrogen) atoms. The summed E-state index contributed by atoms with van der Waals surface area (Å²) in [5.74, 6) is 0.931. The van der Waals surface area contributed by atoms with E-state index in [1.165, 1.54) is 0 Å². The van der Waals surface area contributed by atoms with Gasteiger partial charge in [-0.25, -0.2) is 19.7 Å². The van der Waals surface area contributed by atoms with Crippen molar-refractivity contribution in [1.82, 2.24) is 24.8 Å². The molecule has 1 aliphatic heterocycles. The Hall–Kier alpha value is -5.26. The molecule has 0 radical (unpaired) electrons. The molecule has 3 aromatic heterocycles. The first-order valence-corrected chi connectivity index (χ1v) is 15.4. The molecule has 0 bridgehead atoms. The zero-order valence-electron chi connectivity index (χ0n) is 26.4. The first-order valence-electron chi connectivity index (χ1n) is 15.4. The van der Waals surface area contributed by atoms with E-state index in [2.05, 4.69) is 30.5 Å². The van der Waals surface area contributed by atoms with Gasteiger partial charge in [0.05, 0.1) is 18.3 Å². The van der Waals surface area contributed by atoms with Gasteiger partial charge in [0.15, 0.2) is 0 Å². The van der Waals surface area contributed by atoms with E-state index in [0.29, 0.717) is 56.5 Å². The highest BCUT2D eigenvalue weighted by Gasteiger charge is 2.26. The molecule has 1 aromatic carbocycles. The fraction of sp³-hybridized carbons (Fsp3) is 0.353. The lowest BCUT2D eigenvalue weighted by Crippen LogP contribution is -2.50. The Balaban J connectivity index is 1.35. The number of anilines is 4. The number of pyridine rings is 2. The normalized spacial score (nSPS) is 14.0.